The Morgan fingerprint density at radius 3 is 2.91 bits per heavy atom. The summed E-state index contributed by atoms with van der Waals surface area (Å²) >= 11 is 0. The van der Waals surface area contributed by atoms with E-state index in [4.69, 9.17) is 4.42 Å². The lowest BCUT2D eigenvalue weighted by Gasteiger charge is -2.18. The number of aryl methyl sites for hydroxylation is 3. The van der Waals surface area contributed by atoms with Crippen LogP contribution in [-0.2, 0) is 12.8 Å². The second-order valence-corrected chi connectivity index (χ2v) is 5.82. The Hall–Kier alpha value is -2.28. The number of hydrogen-bond acceptors (Lipinski definition) is 4. The van der Waals surface area contributed by atoms with Gasteiger partial charge in [-0.25, -0.2) is 4.98 Å². The second-order valence-electron chi connectivity index (χ2n) is 5.82. The molecule has 0 spiro atoms. The maximum absolute atomic E-state index is 9.21. The maximum Gasteiger partial charge on any atom is 0.220 e. The Kier molecular flexibility index (Phi) is 4.43. The normalized spacial score (nSPS) is 17.6. The number of oxazole rings is 1. The summed E-state index contributed by atoms with van der Waals surface area (Å²) in [5, 5.41) is 9.21. The van der Waals surface area contributed by atoms with Crippen molar-refractivity contribution in [1.29, 1.82) is 5.26 Å². The highest BCUT2D eigenvalue weighted by Crippen LogP contribution is 2.29. The summed E-state index contributed by atoms with van der Waals surface area (Å²) in [7, 11) is 0. The first-order valence-electron chi connectivity index (χ1n) is 7.94. The molecule has 1 aliphatic rings. The first-order valence-corrected chi connectivity index (χ1v) is 7.94. The average Bonchev–Trinajstić information content (AvgIpc) is 3.14. The highest BCUT2D eigenvalue weighted by molar-refractivity contribution is 5.44. The molecular formula is C18H21N3O. The Labute approximate surface area is 131 Å². The summed E-state index contributed by atoms with van der Waals surface area (Å²) in [6.45, 7) is 2.85. The number of aromatic nitrogens is 1. The number of benzene rings is 1. The van der Waals surface area contributed by atoms with E-state index in [1.165, 1.54) is 5.56 Å². The molecule has 1 fully saturated rings. The molecule has 1 aliphatic heterocycles. The van der Waals surface area contributed by atoms with E-state index in [1.807, 2.05) is 13.0 Å². The average molecular weight is 295 g/mol. The van der Waals surface area contributed by atoms with Gasteiger partial charge >= 0.3 is 0 Å². The molecule has 114 valence electrons. The fourth-order valence-electron chi connectivity index (χ4n) is 3.05. The van der Waals surface area contributed by atoms with Gasteiger partial charge in [-0.1, -0.05) is 30.3 Å². The topological polar surface area (TPSA) is 53.1 Å². The predicted molar refractivity (Wildman–Crippen MR) is 85.7 cm³/mol. The molecule has 1 aromatic carbocycles. The van der Waals surface area contributed by atoms with Crippen molar-refractivity contribution in [1.82, 2.24) is 4.98 Å². The van der Waals surface area contributed by atoms with E-state index in [9.17, 15) is 5.26 Å². The van der Waals surface area contributed by atoms with Crippen LogP contribution in [-0.4, -0.2) is 17.6 Å². The van der Waals surface area contributed by atoms with E-state index in [1.54, 1.807) is 0 Å². The number of nitriles is 1. The third-order valence-electron chi connectivity index (χ3n) is 4.18. The minimum atomic E-state index is -0.0659. The van der Waals surface area contributed by atoms with Crippen molar-refractivity contribution in [3.8, 4) is 6.07 Å². The molecule has 0 aliphatic carbocycles. The summed E-state index contributed by atoms with van der Waals surface area (Å²) < 4.78 is 5.93. The van der Waals surface area contributed by atoms with Crippen molar-refractivity contribution in [2.45, 2.75) is 45.1 Å². The highest BCUT2D eigenvalue weighted by atomic mass is 16.4. The molecule has 4 heteroatoms. The van der Waals surface area contributed by atoms with Crippen LogP contribution < -0.4 is 4.90 Å². The van der Waals surface area contributed by atoms with Crippen LogP contribution in [0.4, 0.5) is 5.88 Å². The van der Waals surface area contributed by atoms with Crippen LogP contribution in [0.5, 0.6) is 0 Å². The van der Waals surface area contributed by atoms with Crippen molar-refractivity contribution >= 4 is 5.88 Å². The van der Waals surface area contributed by atoms with Crippen LogP contribution in [0.15, 0.2) is 34.7 Å². The maximum atomic E-state index is 9.21. The molecule has 0 unspecified atom stereocenters. The second kappa shape index (κ2) is 6.65. The van der Waals surface area contributed by atoms with Gasteiger partial charge in [-0.05, 0) is 38.2 Å². The van der Waals surface area contributed by atoms with E-state index in [0.29, 0.717) is 0 Å². The third-order valence-corrected chi connectivity index (χ3v) is 4.18. The van der Waals surface area contributed by atoms with Crippen molar-refractivity contribution in [2.24, 2.45) is 0 Å². The van der Waals surface area contributed by atoms with Gasteiger partial charge in [0.05, 0.1) is 6.07 Å². The van der Waals surface area contributed by atoms with E-state index in [0.717, 1.165) is 56.1 Å². The molecule has 0 amide bonds. The van der Waals surface area contributed by atoms with Gasteiger partial charge in [-0.15, -0.1) is 0 Å². The van der Waals surface area contributed by atoms with Crippen LogP contribution in [0.25, 0.3) is 0 Å². The minimum absolute atomic E-state index is 0.0659. The zero-order valence-corrected chi connectivity index (χ0v) is 13.0. The Morgan fingerprint density at radius 2 is 2.14 bits per heavy atom. The van der Waals surface area contributed by atoms with Gasteiger partial charge in [0, 0.05) is 13.0 Å². The molecular weight excluding hydrogens is 274 g/mol. The van der Waals surface area contributed by atoms with Gasteiger partial charge < -0.3 is 9.32 Å². The summed E-state index contributed by atoms with van der Waals surface area (Å²) in [6, 6.07) is 12.8. The lowest BCUT2D eigenvalue weighted by molar-refractivity contribution is 0.480. The number of hydrogen-bond donors (Lipinski definition) is 0. The lowest BCUT2D eigenvalue weighted by atomic mass is 10.1. The Bertz CT molecular complexity index is 657. The van der Waals surface area contributed by atoms with Crippen molar-refractivity contribution in [3.63, 3.8) is 0 Å². The summed E-state index contributed by atoms with van der Waals surface area (Å²) in [5.41, 5.74) is 2.24. The van der Waals surface area contributed by atoms with Gasteiger partial charge in [-0.3, -0.25) is 0 Å². The number of rotatable bonds is 5. The van der Waals surface area contributed by atoms with Crippen LogP contribution in [0.3, 0.4) is 0 Å². The van der Waals surface area contributed by atoms with Crippen molar-refractivity contribution in [2.75, 3.05) is 11.4 Å². The molecule has 3 rings (SSSR count). The molecule has 2 aromatic rings. The fourth-order valence-corrected chi connectivity index (χ4v) is 3.05. The molecule has 2 heterocycles. The quantitative estimate of drug-likeness (QED) is 0.845. The largest absolute Gasteiger partial charge is 0.425 e. The molecule has 1 saturated heterocycles. The van der Waals surface area contributed by atoms with E-state index in [-0.39, 0.29) is 6.04 Å². The molecule has 1 atom stereocenters. The lowest BCUT2D eigenvalue weighted by Crippen LogP contribution is -2.27. The summed E-state index contributed by atoms with van der Waals surface area (Å²) in [6.07, 6.45) is 4.84. The highest BCUT2D eigenvalue weighted by Gasteiger charge is 2.28. The third kappa shape index (κ3) is 3.14. The molecule has 0 bridgehead atoms. The molecule has 4 nitrogen and oxygen atoms in total. The minimum Gasteiger partial charge on any atom is -0.425 e. The van der Waals surface area contributed by atoms with Crippen LogP contribution >= 0.6 is 0 Å². The first kappa shape index (κ1) is 14.6. The van der Waals surface area contributed by atoms with Crippen LogP contribution in [0, 0.1) is 18.3 Å². The van der Waals surface area contributed by atoms with Gasteiger partial charge in [-0.2, -0.15) is 5.26 Å². The molecule has 0 radical (unpaired) electrons. The summed E-state index contributed by atoms with van der Waals surface area (Å²) in [5.74, 6) is 1.57. The Balaban J connectivity index is 1.62. The molecule has 22 heavy (non-hydrogen) atoms. The van der Waals surface area contributed by atoms with Gasteiger partial charge in [0.15, 0.2) is 5.89 Å². The standard InChI is InChI=1S/C18H21N3O/c1-14-18(21-12-6-10-16(21)13-19)22-17(20-14)11-5-9-15-7-3-2-4-8-15/h2-4,7-8,16H,5-6,9-12H2,1H3/t16-/m0/s1. The monoisotopic (exact) mass is 295 g/mol. The van der Waals surface area contributed by atoms with Gasteiger partial charge in [0.25, 0.3) is 0 Å². The SMILES string of the molecule is Cc1nc(CCCc2ccccc2)oc1N1CCC[C@H]1C#N. The smallest absolute Gasteiger partial charge is 0.220 e. The zero-order chi connectivity index (χ0) is 15.4. The van der Waals surface area contributed by atoms with Crippen molar-refractivity contribution < 1.29 is 4.42 Å². The van der Waals surface area contributed by atoms with E-state index in [2.05, 4.69) is 40.2 Å². The Morgan fingerprint density at radius 1 is 1.32 bits per heavy atom. The van der Waals surface area contributed by atoms with Crippen LogP contribution in [0.1, 0.15) is 36.4 Å². The summed E-state index contributed by atoms with van der Waals surface area (Å²) in [4.78, 5) is 6.60. The van der Waals surface area contributed by atoms with Crippen molar-refractivity contribution in [3.05, 3.63) is 47.5 Å². The number of anilines is 1. The fraction of sp³-hybridized carbons (Fsp3) is 0.444. The first-order chi connectivity index (χ1) is 10.8. The molecule has 0 saturated carbocycles. The van der Waals surface area contributed by atoms with Gasteiger partial charge in [0.2, 0.25) is 5.88 Å². The van der Waals surface area contributed by atoms with Gasteiger partial charge in [0.1, 0.15) is 11.7 Å². The number of nitrogens with zero attached hydrogens (tertiary/aromatic N) is 3. The van der Waals surface area contributed by atoms with E-state index >= 15 is 0 Å². The molecule has 0 N–H and O–H groups in total. The predicted octanol–water partition coefficient (Wildman–Crippen LogP) is 3.65. The zero-order valence-electron chi connectivity index (χ0n) is 13.0. The van der Waals surface area contributed by atoms with Crippen LogP contribution in [0.2, 0.25) is 0 Å². The van der Waals surface area contributed by atoms with E-state index < -0.39 is 0 Å². The molecule has 1 aromatic heterocycles.